The van der Waals surface area contributed by atoms with Gasteiger partial charge < -0.3 is 15.0 Å². The Balaban J connectivity index is 1.62. The number of hydrogen-bond donors (Lipinski definition) is 2. The normalized spacial score (nSPS) is 11.2. The zero-order valence-electron chi connectivity index (χ0n) is 16.3. The lowest BCUT2D eigenvalue weighted by atomic mass is 10.2. The summed E-state index contributed by atoms with van der Waals surface area (Å²) in [6.45, 7) is 0.225. The van der Waals surface area contributed by atoms with Gasteiger partial charge in [0, 0.05) is 6.54 Å². The Labute approximate surface area is 181 Å². The van der Waals surface area contributed by atoms with E-state index in [0.29, 0.717) is 5.75 Å². The van der Waals surface area contributed by atoms with E-state index in [1.165, 1.54) is 43.5 Å². The third-order valence-corrected chi connectivity index (χ3v) is 6.80. The predicted octanol–water partition coefficient (Wildman–Crippen LogP) is 2.16. The van der Waals surface area contributed by atoms with Gasteiger partial charge in [0.05, 0.1) is 24.0 Å². The molecule has 0 saturated heterocycles. The van der Waals surface area contributed by atoms with Crippen molar-refractivity contribution in [2.45, 2.75) is 21.5 Å². The summed E-state index contributed by atoms with van der Waals surface area (Å²) in [5.41, 5.74) is -0.0978. The molecule has 0 aliphatic rings. The predicted molar refractivity (Wildman–Crippen MR) is 112 cm³/mol. The number of nitrogens with zero attached hydrogens (tertiary/aromatic N) is 1. The number of amides is 1. The number of carbonyl (C=O) groups is 1. The van der Waals surface area contributed by atoms with Gasteiger partial charge in [-0.1, -0.05) is 23.9 Å². The van der Waals surface area contributed by atoms with Crippen LogP contribution in [0.1, 0.15) is 5.56 Å². The number of hydrogen-bond acceptors (Lipinski definition) is 7. The van der Waals surface area contributed by atoms with Gasteiger partial charge in [-0.15, -0.1) is 0 Å². The third-order valence-electron chi connectivity index (χ3n) is 4.15. The monoisotopic (exact) mass is 463 g/mol. The first-order valence-corrected chi connectivity index (χ1v) is 11.4. The number of sulfone groups is 1. The summed E-state index contributed by atoms with van der Waals surface area (Å²) in [4.78, 5) is 30.1. The fourth-order valence-electron chi connectivity index (χ4n) is 2.50. The van der Waals surface area contributed by atoms with E-state index in [-0.39, 0.29) is 34.1 Å². The average molecular weight is 464 g/mol. The second-order valence-electron chi connectivity index (χ2n) is 6.25. The molecule has 162 valence electrons. The zero-order valence-corrected chi connectivity index (χ0v) is 17.9. The van der Waals surface area contributed by atoms with E-state index < -0.39 is 20.3 Å². The Morgan fingerprint density at radius 3 is 2.45 bits per heavy atom. The number of nitrogens with one attached hydrogen (secondary N) is 2. The Bertz CT molecular complexity index is 1230. The van der Waals surface area contributed by atoms with Gasteiger partial charge in [0.25, 0.3) is 5.56 Å². The van der Waals surface area contributed by atoms with Crippen molar-refractivity contribution in [1.29, 1.82) is 0 Å². The smallest absolute Gasteiger partial charge is 0.270 e. The molecule has 1 aromatic heterocycles. The number of H-pyrrole nitrogens is 1. The van der Waals surface area contributed by atoms with E-state index in [0.717, 1.165) is 23.5 Å². The van der Waals surface area contributed by atoms with Gasteiger partial charge in [-0.3, -0.25) is 9.59 Å². The molecule has 0 radical (unpaired) electrons. The van der Waals surface area contributed by atoms with Gasteiger partial charge in [-0.25, -0.2) is 17.8 Å². The summed E-state index contributed by atoms with van der Waals surface area (Å²) in [7, 11) is -2.61. The molecule has 8 nitrogen and oxygen atoms in total. The molecule has 1 heterocycles. The number of aromatic nitrogens is 2. The fourth-order valence-corrected chi connectivity index (χ4v) is 4.40. The van der Waals surface area contributed by atoms with Gasteiger partial charge in [-0.2, -0.15) is 0 Å². The second-order valence-corrected chi connectivity index (χ2v) is 9.13. The standard InChI is InChI=1S/C20H18FN3O5S2/c1-29-15-6-8-16(9-7-15)31(27,28)17-11-23-20(24-19(17)26)30-12-18(25)22-10-13-2-4-14(21)5-3-13/h2-9,11H,10,12H2,1H3,(H,22,25)(H,23,24,26). The molecule has 0 spiro atoms. The maximum atomic E-state index is 12.9. The fraction of sp³-hybridized carbons (Fsp3) is 0.150. The number of thioether (sulfide) groups is 1. The number of carbonyl (C=O) groups excluding carboxylic acids is 1. The minimum atomic E-state index is -4.06. The highest BCUT2D eigenvalue weighted by Gasteiger charge is 2.22. The number of aromatic amines is 1. The van der Waals surface area contributed by atoms with E-state index in [4.69, 9.17) is 4.74 Å². The van der Waals surface area contributed by atoms with Crippen molar-refractivity contribution in [1.82, 2.24) is 15.3 Å². The van der Waals surface area contributed by atoms with Crippen molar-refractivity contribution >= 4 is 27.5 Å². The molecule has 0 aliphatic heterocycles. The molecule has 0 aliphatic carbocycles. The van der Waals surface area contributed by atoms with Crippen LogP contribution in [0.25, 0.3) is 0 Å². The molecule has 2 N–H and O–H groups in total. The van der Waals surface area contributed by atoms with Crippen molar-refractivity contribution < 1.29 is 22.3 Å². The zero-order chi connectivity index (χ0) is 22.4. The number of halogens is 1. The van der Waals surface area contributed by atoms with E-state index >= 15 is 0 Å². The van der Waals surface area contributed by atoms with Crippen LogP contribution in [0.15, 0.2) is 74.5 Å². The SMILES string of the molecule is COc1ccc(S(=O)(=O)c2cnc(SCC(=O)NCc3ccc(F)cc3)[nH]c2=O)cc1. The van der Waals surface area contributed by atoms with Crippen molar-refractivity contribution in [2.24, 2.45) is 0 Å². The summed E-state index contributed by atoms with van der Waals surface area (Å²) < 4.78 is 43.2. The Morgan fingerprint density at radius 1 is 1.16 bits per heavy atom. The van der Waals surface area contributed by atoms with Crippen LogP contribution in [0.2, 0.25) is 0 Å². The second kappa shape index (κ2) is 9.75. The molecule has 11 heteroatoms. The summed E-state index contributed by atoms with van der Waals surface area (Å²) in [6, 6.07) is 11.3. The van der Waals surface area contributed by atoms with Crippen LogP contribution >= 0.6 is 11.8 Å². The summed E-state index contributed by atoms with van der Waals surface area (Å²) in [6.07, 6.45) is 0.969. The van der Waals surface area contributed by atoms with Crippen molar-refractivity contribution in [2.75, 3.05) is 12.9 Å². The molecule has 3 aromatic rings. The minimum absolute atomic E-state index is 0.0469. The van der Waals surface area contributed by atoms with Crippen LogP contribution in [0.4, 0.5) is 4.39 Å². The lowest BCUT2D eigenvalue weighted by Gasteiger charge is -2.07. The van der Waals surface area contributed by atoms with Crippen molar-refractivity contribution in [3.05, 3.63) is 76.5 Å². The lowest BCUT2D eigenvalue weighted by molar-refractivity contribution is -0.118. The molecule has 2 aromatic carbocycles. The van der Waals surface area contributed by atoms with Gasteiger partial charge in [0.2, 0.25) is 15.7 Å². The first kappa shape index (κ1) is 22.5. The molecule has 0 unspecified atom stereocenters. The molecular formula is C20H18FN3O5S2. The molecular weight excluding hydrogens is 445 g/mol. The Morgan fingerprint density at radius 2 is 1.84 bits per heavy atom. The Kier molecular flexibility index (Phi) is 7.08. The largest absolute Gasteiger partial charge is 0.497 e. The first-order chi connectivity index (χ1) is 14.8. The van der Waals surface area contributed by atoms with Gasteiger partial charge in [0.15, 0.2) is 10.1 Å². The molecule has 31 heavy (non-hydrogen) atoms. The number of methoxy groups -OCH3 is 1. The molecule has 0 bridgehead atoms. The van der Waals surface area contributed by atoms with Crippen LogP contribution in [0.3, 0.4) is 0 Å². The summed E-state index contributed by atoms with van der Waals surface area (Å²) in [5, 5.41) is 2.77. The highest BCUT2D eigenvalue weighted by Crippen LogP contribution is 2.21. The average Bonchev–Trinajstić information content (AvgIpc) is 2.77. The molecule has 0 fully saturated rings. The summed E-state index contributed by atoms with van der Waals surface area (Å²) >= 11 is 0.950. The molecule has 1 amide bonds. The molecule has 3 rings (SSSR count). The van der Waals surface area contributed by atoms with Crippen LogP contribution in [0, 0.1) is 5.82 Å². The minimum Gasteiger partial charge on any atom is -0.497 e. The van der Waals surface area contributed by atoms with Crippen LogP contribution < -0.4 is 15.6 Å². The van der Waals surface area contributed by atoms with Gasteiger partial charge >= 0.3 is 0 Å². The van der Waals surface area contributed by atoms with Gasteiger partial charge in [-0.05, 0) is 42.0 Å². The molecule has 0 atom stereocenters. The van der Waals surface area contributed by atoms with Crippen LogP contribution in [-0.4, -0.2) is 37.2 Å². The number of ether oxygens (including phenoxy) is 1. The van der Waals surface area contributed by atoms with E-state index in [9.17, 15) is 22.4 Å². The number of rotatable bonds is 8. The topological polar surface area (TPSA) is 118 Å². The quantitative estimate of drug-likeness (QED) is 0.388. The summed E-state index contributed by atoms with van der Waals surface area (Å²) in [5.74, 6) is -0.255. The van der Waals surface area contributed by atoms with E-state index in [2.05, 4.69) is 15.3 Å². The maximum absolute atomic E-state index is 12.9. The highest BCUT2D eigenvalue weighted by molar-refractivity contribution is 7.99. The molecule has 0 saturated carbocycles. The lowest BCUT2D eigenvalue weighted by Crippen LogP contribution is -2.25. The Hall–Kier alpha value is -3.18. The van der Waals surface area contributed by atoms with E-state index in [1.54, 1.807) is 12.1 Å². The first-order valence-electron chi connectivity index (χ1n) is 8.92. The van der Waals surface area contributed by atoms with Crippen molar-refractivity contribution in [3.8, 4) is 5.75 Å². The van der Waals surface area contributed by atoms with Gasteiger partial charge in [0.1, 0.15) is 11.6 Å². The highest BCUT2D eigenvalue weighted by atomic mass is 32.2. The number of benzene rings is 2. The third kappa shape index (κ3) is 5.70. The maximum Gasteiger partial charge on any atom is 0.270 e. The van der Waals surface area contributed by atoms with Crippen molar-refractivity contribution in [3.63, 3.8) is 0 Å². The van der Waals surface area contributed by atoms with Crippen LogP contribution in [0.5, 0.6) is 5.75 Å². The van der Waals surface area contributed by atoms with Crippen LogP contribution in [-0.2, 0) is 21.2 Å². The van der Waals surface area contributed by atoms with E-state index in [1.807, 2.05) is 0 Å².